The van der Waals surface area contributed by atoms with Crippen molar-refractivity contribution in [3.8, 4) is 0 Å². The number of hydrogen-bond acceptors (Lipinski definition) is 5. The van der Waals surface area contributed by atoms with Gasteiger partial charge in [0.2, 0.25) is 0 Å². The summed E-state index contributed by atoms with van der Waals surface area (Å²) in [5, 5.41) is 11.2. The molecule has 1 aliphatic rings. The highest BCUT2D eigenvalue weighted by Gasteiger charge is 2.30. The second kappa shape index (κ2) is 6.58. The van der Waals surface area contributed by atoms with Crippen LogP contribution in [0, 0.1) is 10.1 Å². The van der Waals surface area contributed by atoms with Gasteiger partial charge in [0.15, 0.2) is 0 Å². The van der Waals surface area contributed by atoms with Gasteiger partial charge in [0.1, 0.15) is 4.32 Å². The minimum Gasteiger partial charge on any atom is -0.293 e. The van der Waals surface area contributed by atoms with Crippen LogP contribution in [0.25, 0.3) is 6.08 Å². The molecule has 2 rings (SSSR count). The maximum atomic E-state index is 12.2. The van der Waals surface area contributed by atoms with E-state index in [1.807, 2.05) is 20.8 Å². The highest BCUT2D eigenvalue weighted by Crippen LogP contribution is 2.34. The first-order valence-corrected chi connectivity index (χ1v) is 8.11. The third-order valence-electron chi connectivity index (χ3n) is 3.36. The summed E-state index contributed by atoms with van der Waals surface area (Å²) in [6, 6.07) is 5.05. The zero-order chi connectivity index (χ0) is 16.4. The summed E-state index contributed by atoms with van der Waals surface area (Å²) in [7, 11) is 0. The molecule has 1 heterocycles. The Hall–Kier alpha value is -1.73. The van der Waals surface area contributed by atoms with Crippen LogP contribution < -0.4 is 0 Å². The van der Waals surface area contributed by atoms with Crippen LogP contribution in [-0.4, -0.2) is 26.6 Å². The van der Waals surface area contributed by atoms with Gasteiger partial charge in [-0.25, -0.2) is 0 Å². The van der Waals surface area contributed by atoms with E-state index in [0.29, 0.717) is 26.9 Å². The van der Waals surface area contributed by atoms with Crippen LogP contribution in [0.15, 0.2) is 23.1 Å². The predicted molar refractivity (Wildman–Crippen MR) is 92.7 cm³/mol. The van der Waals surface area contributed by atoms with Gasteiger partial charge in [-0.05, 0) is 24.5 Å². The summed E-state index contributed by atoms with van der Waals surface area (Å²) >= 11 is 6.38. The van der Waals surface area contributed by atoms with Crippen LogP contribution in [0.1, 0.15) is 37.8 Å². The molecule has 0 N–H and O–H groups in total. The first kappa shape index (κ1) is 16.6. The summed E-state index contributed by atoms with van der Waals surface area (Å²) in [5.74, 6) is -0.0826. The Labute approximate surface area is 138 Å². The monoisotopic (exact) mass is 336 g/mol. The number of benzene rings is 1. The first-order valence-electron chi connectivity index (χ1n) is 6.88. The van der Waals surface area contributed by atoms with Gasteiger partial charge in [-0.3, -0.25) is 19.8 Å². The maximum Gasteiger partial charge on any atom is 0.273 e. The third-order valence-corrected chi connectivity index (χ3v) is 4.74. The fourth-order valence-electron chi connectivity index (χ4n) is 2.22. The summed E-state index contributed by atoms with van der Waals surface area (Å²) in [4.78, 5) is 25.0. The minimum absolute atomic E-state index is 0.0627. The highest BCUT2D eigenvalue weighted by molar-refractivity contribution is 8.26. The number of carbonyl (C=O) groups excluding carboxylic acids is 1. The highest BCUT2D eigenvalue weighted by atomic mass is 32.2. The predicted octanol–water partition coefficient (Wildman–Crippen LogP) is 3.94. The molecule has 0 unspecified atom stereocenters. The fraction of sp³-hybridized carbons (Fsp3) is 0.333. The van der Waals surface area contributed by atoms with Crippen molar-refractivity contribution < 1.29 is 9.72 Å². The number of nitrogens with zero attached hydrogens (tertiary/aromatic N) is 2. The Balaban J connectivity index is 2.41. The number of thiocarbonyl (C=S) groups is 1. The Bertz CT molecular complexity index is 683. The molecule has 7 heteroatoms. The number of likely N-dealkylation sites (N-methyl/N-ethyl adjacent to an activating group) is 1. The molecule has 1 amide bonds. The van der Waals surface area contributed by atoms with E-state index in [1.54, 1.807) is 18.2 Å². The molecule has 1 aliphatic heterocycles. The topological polar surface area (TPSA) is 63.5 Å². The van der Waals surface area contributed by atoms with Crippen molar-refractivity contribution in [2.24, 2.45) is 0 Å². The average molecular weight is 336 g/mol. The van der Waals surface area contributed by atoms with E-state index in [0.717, 1.165) is 0 Å². The Kier molecular flexibility index (Phi) is 4.97. The summed E-state index contributed by atoms with van der Waals surface area (Å²) in [6.07, 6.45) is 1.66. The molecule has 22 heavy (non-hydrogen) atoms. The van der Waals surface area contributed by atoms with E-state index in [4.69, 9.17) is 12.2 Å². The Morgan fingerprint density at radius 2 is 2.14 bits per heavy atom. The van der Waals surface area contributed by atoms with E-state index >= 15 is 0 Å². The smallest absolute Gasteiger partial charge is 0.273 e. The quantitative estimate of drug-likeness (QED) is 0.361. The van der Waals surface area contributed by atoms with Gasteiger partial charge in [0.05, 0.1) is 9.83 Å². The van der Waals surface area contributed by atoms with Gasteiger partial charge in [-0.2, -0.15) is 0 Å². The molecule has 1 saturated heterocycles. The van der Waals surface area contributed by atoms with E-state index in [2.05, 4.69) is 0 Å². The van der Waals surface area contributed by atoms with Gasteiger partial charge in [-0.15, -0.1) is 0 Å². The van der Waals surface area contributed by atoms with Gasteiger partial charge in [0, 0.05) is 18.2 Å². The Morgan fingerprint density at radius 3 is 2.64 bits per heavy atom. The largest absolute Gasteiger partial charge is 0.293 e. The molecule has 1 aromatic carbocycles. The average Bonchev–Trinajstić information content (AvgIpc) is 2.72. The van der Waals surface area contributed by atoms with Gasteiger partial charge in [-0.1, -0.05) is 50.0 Å². The molecule has 0 saturated carbocycles. The molecule has 1 fully saturated rings. The van der Waals surface area contributed by atoms with E-state index in [9.17, 15) is 14.9 Å². The van der Waals surface area contributed by atoms with Gasteiger partial charge < -0.3 is 0 Å². The molecule has 0 spiro atoms. The number of nitro benzene ring substituents is 1. The minimum atomic E-state index is -0.385. The zero-order valence-corrected chi connectivity index (χ0v) is 14.2. The Morgan fingerprint density at radius 1 is 1.45 bits per heavy atom. The normalized spacial score (nSPS) is 16.9. The molecule has 0 atom stereocenters. The van der Waals surface area contributed by atoms with Crippen LogP contribution in [0.5, 0.6) is 0 Å². The summed E-state index contributed by atoms with van der Waals surface area (Å²) < 4.78 is 0.520. The maximum absolute atomic E-state index is 12.2. The van der Waals surface area contributed by atoms with Gasteiger partial charge in [0.25, 0.3) is 11.6 Å². The molecule has 5 nitrogen and oxygen atoms in total. The van der Waals surface area contributed by atoms with Crippen LogP contribution in [0.4, 0.5) is 5.69 Å². The van der Waals surface area contributed by atoms with E-state index in [1.165, 1.54) is 22.7 Å². The summed E-state index contributed by atoms with van der Waals surface area (Å²) in [6.45, 7) is 6.20. The van der Waals surface area contributed by atoms with Crippen molar-refractivity contribution in [1.82, 2.24) is 4.90 Å². The number of amides is 1. The molecular weight excluding hydrogens is 320 g/mol. The van der Waals surface area contributed by atoms with Crippen molar-refractivity contribution >= 4 is 46.0 Å². The number of hydrogen-bond donors (Lipinski definition) is 0. The lowest BCUT2D eigenvalue weighted by atomic mass is 9.99. The van der Waals surface area contributed by atoms with Crippen molar-refractivity contribution in [3.05, 3.63) is 44.3 Å². The number of nitro groups is 1. The molecule has 116 valence electrons. The molecule has 0 bridgehead atoms. The van der Waals surface area contributed by atoms with Gasteiger partial charge >= 0.3 is 0 Å². The number of rotatable bonds is 4. The second-order valence-electron chi connectivity index (χ2n) is 5.16. The molecule has 0 radical (unpaired) electrons. The van der Waals surface area contributed by atoms with Crippen LogP contribution in [0.2, 0.25) is 0 Å². The van der Waals surface area contributed by atoms with Crippen LogP contribution >= 0.6 is 24.0 Å². The lowest BCUT2D eigenvalue weighted by molar-refractivity contribution is -0.385. The van der Waals surface area contributed by atoms with Crippen LogP contribution in [0.3, 0.4) is 0 Å². The van der Waals surface area contributed by atoms with Crippen molar-refractivity contribution in [2.75, 3.05) is 6.54 Å². The number of carbonyl (C=O) groups is 1. The lowest BCUT2D eigenvalue weighted by Crippen LogP contribution is -2.27. The first-order chi connectivity index (χ1) is 10.3. The number of thioether (sulfide) groups is 1. The third kappa shape index (κ3) is 3.20. The SMILES string of the molecule is CCN1C(=O)/C(=C\c2ccc(C(C)C)c([N+](=O)[O-])c2)SC1=S. The fourth-order valence-corrected chi connectivity index (χ4v) is 3.61. The summed E-state index contributed by atoms with van der Waals surface area (Å²) in [5.41, 5.74) is 1.39. The molecule has 0 aromatic heterocycles. The molecule has 0 aliphatic carbocycles. The van der Waals surface area contributed by atoms with Crippen molar-refractivity contribution in [1.29, 1.82) is 0 Å². The van der Waals surface area contributed by atoms with E-state index in [-0.39, 0.29) is 22.4 Å². The van der Waals surface area contributed by atoms with Crippen LogP contribution in [-0.2, 0) is 4.79 Å². The van der Waals surface area contributed by atoms with E-state index < -0.39 is 0 Å². The lowest BCUT2D eigenvalue weighted by Gasteiger charge is -2.09. The zero-order valence-electron chi connectivity index (χ0n) is 12.5. The molecular formula is C15H16N2O3S2. The van der Waals surface area contributed by atoms with Crippen molar-refractivity contribution in [2.45, 2.75) is 26.7 Å². The van der Waals surface area contributed by atoms with Crippen molar-refractivity contribution in [3.63, 3.8) is 0 Å². The standard InChI is InChI=1S/C15H16N2O3S2/c1-4-16-14(18)13(22-15(16)21)8-10-5-6-11(9(2)3)12(7-10)17(19)20/h5-9H,4H2,1-3H3/b13-8+. The second-order valence-corrected chi connectivity index (χ2v) is 6.83. The molecule has 1 aromatic rings.